The van der Waals surface area contributed by atoms with Crippen LogP contribution in [0.3, 0.4) is 0 Å². The summed E-state index contributed by atoms with van der Waals surface area (Å²) in [4.78, 5) is 29.5. The van der Waals surface area contributed by atoms with Crippen molar-refractivity contribution in [3.05, 3.63) is 17.5 Å². The average Bonchev–Trinajstić information content (AvgIpc) is 3.46. The number of nitrogens with zero attached hydrogens (tertiary/aromatic N) is 3. The van der Waals surface area contributed by atoms with Crippen LogP contribution in [-0.2, 0) is 19.6 Å². The number of sulfonamides is 1. The van der Waals surface area contributed by atoms with Crippen molar-refractivity contribution in [1.29, 1.82) is 0 Å². The number of carbonyl (C=O) groups is 2. The van der Waals surface area contributed by atoms with Crippen molar-refractivity contribution >= 4 is 33.2 Å². The lowest BCUT2D eigenvalue weighted by Gasteiger charge is -2.38. The maximum absolute atomic E-state index is 13.1. The molecule has 160 valence electrons. The molecule has 4 rings (SSSR count). The quantitative estimate of drug-likeness (QED) is 0.720. The normalized spacial score (nSPS) is 24.8. The van der Waals surface area contributed by atoms with Crippen LogP contribution in [0.25, 0.3) is 0 Å². The molecule has 0 aromatic carbocycles. The van der Waals surface area contributed by atoms with E-state index in [0.717, 1.165) is 25.7 Å². The number of piperazine rings is 1. The molecular formula is C20H29N3O4S2. The minimum Gasteiger partial charge on any atom is -0.339 e. The molecule has 0 radical (unpaired) electrons. The molecule has 2 amide bonds. The highest BCUT2D eigenvalue weighted by molar-refractivity contribution is 7.91. The Hall–Kier alpha value is -1.45. The van der Waals surface area contributed by atoms with Gasteiger partial charge in [-0.1, -0.05) is 25.3 Å². The Bertz CT molecular complexity index is 826. The van der Waals surface area contributed by atoms with E-state index < -0.39 is 16.1 Å². The molecule has 1 aliphatic carbocycles. The molecule has 1 aromatic heterocycles. The second kappa shape index (κ2) is 8.73. The summed E-state index contributed by atoms with van der Waals surface area (Å²) in [5, 5.41) is 1.74. The van der Waals surface area contributed by atoms with E-state index in [1.807, 2.05) is 4.90 Å². The van der Waals surface area contributed by atoms with Crippen LogP contribution in [0.2, 0.25) is 0 Å². The second-order valence-corrected chi connectivity index (χ2v) is 11.3. The third-order valence-corrected chi connectivity index (χ3v) is 9.69. The van der Waals surface area contributed by atoms with Gasteiger partial charge < -0.3 is 9.80 Å². The third-order valence-electron chi connectivity index (χ3n) is 6.40. The number of carbonyl (C=O) groups excluding carboxylic acids is 2. The van der Waals surface area contributed by atoms with Crippen molar-refractivity contribution in [3.8, 4) is 0 Å². The molecule has 0 N–H and O–H groups in total. The standard InChI is InChI=1S/C20H29N3O4S2/c24-19(16-6-2-1-3-7-16)21-11-13-22(14-12-21)20(25)17-8-4-10-23(17)29(26,27)18-9-5-15-28-18/h5,9,15-17H,1-4,6-8,10-14H2. The molecule has 1 unspecified atom stereocenters. The van der Waals surface area contributed by atoms with Crippen molar-refractivity contribution in [3.63, 3.8) is 0 Å². The molecule has 2 saturated heterocycles. The van der Waals surface area contributed by atoms with Gasteiger partial charge in [0.25, 0.3) is 10.0 Å². The number of hydrogen-bond acceptors (Lipinski definition) is 5. The summed E-state index contributed by atoms with van der Waals surface area (Å²) in [6.07, 6.45) is 6.70. The topological polar surface area (TPSA) is 78.0 Å². The van der Waals surface area contributed by atoms with E-state index in [4.69, 9.17) is 0 Å². The zero-order valence-corrected chi connectivity index (χ0v) is 18.3. The van der Waals surface area contributed by atoms with E-state index in [1.54, 1.807) is 22.4 Å². The van der Waals surface area contributed by atoms with Gasteiger partial charge in [-0.3, -0.25) is 9.59 Å². The van der Waals surface area contributed by atoms with Gasteiger partial charge in [-0.05, 0) is 37.1 Å². The summed E-state index contributed by atoms with van der Waals surface area (Å²) in [5.41, 5.74) is 0. The Morgan fingerprint density at radius 3 is 2.14 bits per heavy atom. The molecule has 0 bridgehead atoms. The maximum Gasteiger partial charge on any atom is 0.253 e. The number of thiophene rings is 1. The molecule has 7 nitrogen and oxygen atoms in total. The van der Waals surface area contributed by atoms with Gasteiger partial charge in [-0.15, -0.1) is 11.3 Å². The monoisotopic (exact) mass is 439 g/mol. The van der Waals surface area contributed by atoms with E-state index in [0.29, 0.717) is 49.8 Å². The van der Waals surface area contributed by atoms with Crippen molar-refractivity contribution in [2.24, 2.45) is 5.92 Å². The molecular weight excluding hydrogens is 410 g/mol. The van der Waals surface area contributed by atoms with E-state index in [1.165, 1.54) is 22.1 Å². The summed E-state index contributed by atoms with van der Waals surface area (Å²) in [6.45, 7) is 2.45. The lowest BCUT2D eigenvalue weighted by molar-refractivity contribution is -0.144. The molecule has 2 aliphatic heterocycles. The molecule has 0 spiro atoms. The van der Waals surface area contributed by atoms with Crippen molar-refractivity contribution in [2.45, 2.75) is 55.2 Å². The number of hydrogen-bond donors (Lipinski definition) is 0. The summed E-state index contributed by atoms with van der Waals surface area (Å²) < 4.78 is 27.5. The lowest BCUT2D eigenvalue weighted by Crippen LogP contribution is -2.56. The molecule has 9 heteroatoms. The van der Waals surface area contributed by atoms with Gasteiger partial charge in [0.05, 0.1) is 0 Å². The Morgan fingerprint density at radius 1 is 0.862 bits per heavy atom. The Labute approximate surface area is 176 Å². The SMILES string of the molecule is O=C(C1CCCCC1)N1CCN(C(=O)C2CCCN2S(=O)(=O)c2cccs2)CC1. The number of amides is 2. The summed E-state index contributed by atoms with van der Waals surface area (Å²) in [7, 11) is -3.63. The minimum atomic E-state index is -3.63. The van der Waals surface area contributed by atoms with Crippen molar-refractivity contribution in [1.82, 2.24) is 14.1 Å². The van der Waals surface area contributed by atoms with Gasteiger partial charge in [0, 0.05) is 38.6 Å². The molecule has 1 aromatic rings. The predicted molar refractivity (Wildman–Crippen MR) is 111 cm³/mol. The number of rotatable bonds is 4. The summed E-state index contributed by atoms with van der Waals surface area (Å²) >= 11 is 1.18. The van der Waals surface area contributed by atoms with Crippen LogP contribution in [0, 0.1) is 5.92 Å². The first kappa shape index (κ1) is 20.8. The van der Waals surface area contributed by atoms with Gasteiger partial charge in [-0.25, -0.2) is 8.42 Å². The van der Waals surface area contributed by atoms with Crippen molar-refractivity contribution in [2.75, 3.05) is 32.7 Å². The first-order valence-corrected chi connectivity index (χ1v) is 12.9. The average molecular weight is 440 g/mol. The Morgan fingerprint density at radius 2 is 1.52 bits per heavy atom. The largest absolute Gasteiger partial charge is 0.339 e. The highest BCUT2D eigenvalue weighted by atomic mass is 32.2. The zero-order chi connectivity index (χ0) is 20.4. The molecule has 3 fully saturated rings. The third kappa shape index (κ3) is 4.22. The fourth-order valence-electron chi connectivity index (χ4n) is 4.77. The molecule has 3 aliphatic rings. The van der Waals surface area contributed by atoms with Crippen LogP contribution in [0.15, 0.2) is 21.7 Å². The highest BCUT2D eigenvalue weighted by Gasteiger charge is 2.42. The fourth-order valence-corrected chi connectivity index (χ4v) is 7.54. The minimum absolute atomic E-state index is 0.118. The molecule has 29 heavy (non-hydrogen) atoms. The lowest BCUT2D eigenvalue weighted by atomic mass is 9.88. The summed E-state index contributed by atoms with van der Waals surface area (Å²) in [5.74, 6) is 0.263. The van der Waals surface area contributed by atoms with Crippen LogP contribution >= 0.6 is 11.3 Å². The van der Waals surface area contributed by atoms with E-state index in [9.17, 15) is 18.0 Å². The molecule has 1 atom stereocenters. The van der Waals surface area contributed by atoms with Gasteiger partial charge in [0.2, 0.25) is 11.8 Å². The second-order valence-electron chi connectivity index (χ2n) is 8.19. The first-order chi connectivity index (χ1) is 14.0. The highest BCUT2D eigenvalue weighted by Crippen LogP contribution is 2.30. The van der Waals surface area contributed by atoms with Gasteiger partial charge in [0.1, 0.15) is 10.3 Å². The Kier molecular flexibility index (Phi) is 6.27. The maximum atomic E-state index is 13.1. The van der Waals surface area contributed by atoms with Gasteiger partial charge in [-0.2, -0.15) is 4.31 Å². The van der Waals surface area contributed by atoms with E-state index >= 15 is 0 Å². The first-order valence-electron chi connectivity index (χ1n) is 10.6. The van der Waals surface area contributed by atoms with Crippen LogP contribution < -0.4 is 0 Å². The zero-order valence-electron chi connectivity index (χ0n) is 16.7. The van der Waals surface area contributed by atoms with Crippen LogP contribution in [-0.4, -0.2) is 73.1 Å². The fraction of sp³-hybridized carbons (Fsp3) is 0.700. The Balaban J connectivity index is 1.37. The molecule has 3 heterocycles. The van der Waals surface area contributed by atoms with Crippen LogP contribution in [0.4, 0.5) is 0 Å². The van der Waals surface area contributed by atoms with Gasteiger partial charge in [0.15, 0.2) is 0 Å². The molecule has 1 saturated carbocycles. The van der Waals surface area contributed by atoms with Crippen molar-refractivity contribution < 1.29 is 18.0 Å². The van der Waals surface area contributed by atoms with E-state index in [2.05, 4.69) is 0 Å². The smallest absolute Gasteiger partial charge is 0.253 e. The van der Waals surface area contributed by atoms with Crippen LogP contribution in [0.1, 0.15) is 44.9 Å². The summed E-state index contributed by atoms with van der Waals surface area (Å²) in [6, 6.07) is 2.69. The predicted octanol–water partition coefficient (Wildman–Crippen LogP) is 2.15. The van der Waals surface area contributed by atoms with Gasteiger partial charge >= 0.3 is 0 Å². The van der Waals surface area contributed by atoms with E-state index in [-0.39, 0.29) is 17.7 Å². The van der Waals surface area contributed by atoms with Crippen LogP contribution in [0.5, 0.6) is 0 Å².